The minimum Gasteiger partial charge on any atom is -0.487 e. The molecule has 0 fully saturated rings. The Morgan fingerprint density at radius 2 is 1.68 bits per heavy atom. The molecule has 0 radical (unpaired) electrons. The Labute approximate surface area is 236 Å². The van der Waals surface area contributed by atoms with Crippen LogP contribution in [0.2, 0.25) is 0 Å². The van der Waals surface area contributed by atoms with Gasteiger partial charge in [-0.15, -0.1) is 0 Å². The van der Waals surface area contributed by atoms with Gasteiger partial charge in [0.1, 0.15) is 29.1 Å². The number of ether oxygens (including phenoxy) is 3. The molecule has 7 nitrogen and oxygen atoms in total. The van der Waals surface area contributed by atoms with Gasteiger partial charge in [0.15, 0.2) is 0 Å². The largest absolute Gasteiger partial charge is 0.487 e. The molecule has 0 aliphatic rings. The number of amides is 1. The molecule has 0 unspecified atom stereocenters. The molecule has 0 atom stereocenters. The molecule has 0 aliphatic carbocycles. The van der Waals surface area contributed by atoms with Crippen molar-refractivity contribution in [1.82, 2.24) is 4.57 Å². The third-order valence-corrected chi connectivity index (χ3v) is 6.27. The summed E-state index contributed by atoms with van der Waals surface area (Å²) < 4.78 is 19.7. The number of aromatic nitrogens is 1. The number of benzene rings is 2. The minimum absolute atomic E-state index is 0.185. The van der Waals surface area contributed by atoms with Crippen molar-refractivity contribution in [2.45, 2.75) is 59.4 Å². The van der Waals surface area contributed by atoms with Crippen molar-refractivity contribution in [2.24, 2.45) is 0 Å². The number of fused-ring (bicyclic) bond motifs is 1. The average Bonchev–Trinajstić information content (AvgIpc) is 3.24. The molecular formula is C28H32ClIN2O5. The van der Waals surface area contributed by atoms with Gasteiger partial charge in [-0.25, -0.2) is 14.2 Å². The van der Waals surface area contributed by atoms with Crippen LogP contribution in [0, 0.1) is 3.57 Å². The summed E-state index contributed by atoms with van der Waals surface area (Å²) in [7, 11) is 0. The van der Waals surface area contributed by atoms with E-state index in [1.54, 1.807) is 18.3 Å². The van der Waals surface area contributed by atoms with Gasteiger partial charge in [0.05, 0.1) is 5.69 Å². The van der Waals surface area contributed by atoms with Crippen molar-refractivity contribution < 1.29 is 23.8 Å². The van der Waals surface area contributed by atoms with E-state index in [9.17, 15) is 9.59 Å². The lowest BCUT2D eigenvalue weighted by Gasteiger charge is -2.28. The average molecular weight is 639 g/mol. The lowest BCUT2D eigenvalue weighted by Crippen LogP contribution is -2.37. The molecule has 3 rings (SSSR count). The van der Waals surface area contributed by atoms with Crippen LogP contribution in [-0.2, 0) is 16.1 Å². The molecule has 198 valence electrons. The number of hydrogen-bond acceptors (Lipinski definition) is 5. The van der Waals surface area contributed by atoms with E-state index >= 15 is 0 Å². The molecule has 2 aromatic carbocycles. The number of carbonyl (C=O) groups excluding carboxylic acids is 2. The lowest BCUT2D eigenvalue weighted by atomic mass is 10.2. The first-order chi connectivity index (χ1) is 17.3. The molecule has 0 aliphatic heterocycles. The van der Waals surface area contributed by atoms with Crippen LogP contribution in [0.1, 0.15) is 47.1 Å². The molecule has 1 aromatic heterocycles. The van der Waals surface area contributed by atoms with Gasteiger partial charge in [0.2, 0.25) is 0 Å². The fourth-order valence-electron chi connectivity index (χ4n) is 3.49. The van der Waals surface area contributed by atoms with E-state index in [-0.39, 0.29) is 13.2 Å². The SMILES string of the molecule is CC(C)(C)OC(=O)N(C/C=C/Cl)c1cc(OCc2ccccc2)c2c(ccn2C(=O)OC(C)(C)C)c1I. The molecule has 0 saturated heterocycles. The molecule has 0 saturated carbocycles. The van der Waals surface area contributed by atoms with Crippen molar-refractivity contribution in [3.05, 3.63) is 69.4 Å². The topological polar surface area (TPSA) is 70.0 Å². The number of anilines is 1. The van der Waals surface area contributed by atoms with Gasteiger partial charge in [-0.05, 0) is 75.8 Å². The summed E-state index contributed by atoms with van der Waals surface area (Å²) in [6.45, 7) is 11.3. The highest BCUT2D eigenvalue weighted by Crippen LogP contribution is 2.39. The lowest BCUT2D eigenvalue weighted by molar-refractivity contribution is 0.0540. The molecule has 3 aromatic rings. The fraction of sp³-hybridized carbons (Fsp3) is 0.357. The van der Waals surface area contributed by atoms with Crippen LogP contribution in [-0.4, -0.2) is 34.5 Å². The highest BCUT2D eigenvalue weighted by molar-refractivity contribution is 14.1. The number of halogens is 2. The van der Waals surface area contributed by atoms with Gasteiger partial charge in [-0.1, -0.05) is 48.0 Å². The summed E-state index contributed by atoms with van der Waals surface area (Å²) in [5, 5.41) is 0.732. The summed E-state index contributed by atoms with van der Waals surface area (Å²) in [4.78, 5) is 27.8. The molecular weight excluding hydrogens is 607 g/mol. The number of hydrogen-bond donors (Lipinski definition) is 0. The smallest absolute Gasteiger partial charge is 0.419 e. The van der Waals surface area contributed by atoms with Crippen molar-refractivity contribution in [2.75, 3.05) is 11.4 Å². The van der Waals surface area contributed by atoms with Crippen LogP contribution in [0.4, 0.5) is 15.3 Å². The predicted octanol–water partition coefficient (Wildman–Crippen LogP) is 8.10. The van der Waals surface area contributed by atoms with E-state index in [0.717, 1.165) is 14.5 Å². The van der Waals surface area contributed by atoms with Crippen LogP contribution in [0.15, 0.2) is 60.3 Å². The first kappa shape index (κ1) is 28.8. The highest BCUT2D eigenvalue weighted by Gasteiger charge is 2.28. The van der Waals surface area contributed by atoms with E-state index in [1.165, 1.54) is 15.0 Å². The predicted molar refractivity (Wildman–Crippen MR) is 156 cm³/mol. The van der Waals surface area contributed by atoms with Crippen molar-refractivity contribution in [1.29, 1.82) is 0 Å². The quantitative estimate of drug-likeness (QED) is 0.255. The third kappa shape index (κ3) is 7.64. The zero-order valence-electron chi connectivity index (χ0n) is 21.9. The van der Waals surface area contributed by atoms with Crippen LogP contribution in [0.3, 0.4) is 0 Å². The number of rotatable bonds is 6. The van der Waals surface area contributed by atoms with Crippen molar-refractivity contribution in [3.63, 3.8) is 0 Å². The Balaban J connectivity index is 2.17. The molecule has 9 heteroatoms. The van der Waals surface area contributed by atoms with Crippen LogP contribution in [0.5, 0.6) is 5.75 Å². The van der Waals surface area contributed by atoms with E-state index in [1.807, 2.05) is 77.9 Å². The first-order valence-electron chi connectivity index (χ1n) is 11.8. The molecule has 37 heavy (non-hydrogen) atoms. The van der Waals surface area contributed by atoms with Gasteiger partial charge in [-0.2, -0.15) is 0 Å². The number of nitrogens with zero attached hydrogens (tertiary/aromatic N) is 2. The second kappa shape index (κ2) is 11.8. The Hall–Kier alpha value is -2.72. The molecule has 0 bridgehead atoms. The second-order valence-electron chi connectivity index (χ2n) is 10.4. The molecule has 0 N–H and O–H groups in total. The maximum atomic E-state index is 13.2. The van der Waals surface area contributed by atoms with Crippen LogP contribution >= 0.6 is 34.2 Å². The molecule has 0 spiro atoms. The zero-order chi connectivity index (χ0) is 27.4. The van der Waals surface area contributed by atoms with E-state index < -0.39 is 23.4 Å². The Kier molecular flexibility index (Phi) is 9.18. The van der Waals surface area contributed by atoms with Gasteiger partial charge >= 0.3 is 12.2 Å². The number of carbonyl (C=O) groups is 2. The molecule has 1 heterocycles. The van der Waals surface area contributed by atoms with Gasteiger partial charge in [0, 0.05) is 33.3 Å². The maximum absolute atomic E-state index is 13.2. The van der Waals surface area contributed by atoms with E-state index in [2.05, 4.69) is 22.6 Å². The normalized spacial score (nSPS) is 12.1. The summed E-state index contributed by atoms with van der Waals surface area (Å²) in [5.74, 6) is 0.425. The zero-order valence-corrected chi connectivity index (χ0v) is 24.8. The first-order valence-corrected chi connectivity index (χ1v) is 13.3. The fourth-order valence-corrected chi connectivity index (χ4v) is 4.46. The standard InChI is InChI=1S/C28H32ClIN2O5/c1-27(2,3)36-25(33)31(15-10-14-29)21-17-22(35-18-19-11-8-7-9-12-19)24-20(23(21)30)13-16-32(24)26(34)37-28(4,5)6/h7-14,16-17H,15,18H2,1-6H3/b14-10+. The van der Waals surface area contributed by atoms with E-state index in [0.29, 0.717) is 17.0 Å². The Bertz CT molecular complexity index is 1290. The highest BCUT2D eigenvalue weighted by atomic mass is 127. The maximum Gasteiger partial charge on any atom is 0.419 e. The molecule has 1 amide bonds. The van der Waals surface area contributed by atoms with Gasteiger partial charge in [0.25, 0.3) is 0 Å². The second-order valence-corrected chi connectivity index (χ2v) is 11.7. The third-order valence-electron chi connectivity index (χ3n) is 4.96. The van der Waals surface area contributed by atoms with Crippen LogP contribution in [0.25, 0.3) is 10.9 Å². The Morgan fingerprint density at radius 3 is 2.27 bits per heavy atom. The van der Waals surface area contributed by atoms with Crippen molar-refractivity contribution >= 4 is 63.0 Å². The van der Waals surface area contributed by atoms with Gasteiger partial charge < -0.3 is 14.2 Å². The Morgan fingerprint density at radius 1 is 1.03 bits per heavy atom. The van der Waals surface area contributed by atoms with Crippen molar-refractivity contribution in [3.8, 4) is 5.75 Å². The minimum atomic E-state index is -0.692. The van der Waals surface area contributed by atoms with Crippen LogP contribution < -0.4 is 9.64 Å². The monoisotopic (exact) mass is 638 g/mol. The summed E-state index contributed by atoms with van der Waals surface area (Å²) >= 11 is 7.98. The summed E-state index contributed by atoms with van der Waals surface area (Å²) in [6.07, 6.45) is 2.25. The van der Waals surface area contributed by atoms with E-state index in [4.69, 9.17) is 25.8 Å². The van der Waals surface area contributed by atoms with Gasteiger partial charge in [-0.3, -0.25) is 4.90 Å². The summed E-state index contributed by atoms with van der Waals surface area (Å²) in [6, 6.07) is 13.3. The summed E-state index contributed by atoms with van der Waals surface area (Å²) in [5.41, 5.74) is 2.07.